The van der Waals surface area contributed by atoms with Crippen molar-refractivity contribution >= 4 is 59.5 Å². The zero-order valence-corrected chi connectivity index (χ0v) is 9.54. The summed E-state index contributed by atoms with van der Waals surface area (Å²) in [6.07, 6.45) is 0. The molecule has 11 heavy (non-hydrogen) atoms. The molecule has 1 aromatic rings. The van der Waals surface area contributed by atoms with E-state index in [0.29, 0.717) is 0 Å². The van der Waals surface area contributed by atoms with E-state index < -0.39 is 0 Å². The highest BCUT2D eigenvalue weighted by Gasteiger charge is 2.02. The fraction of sp³-hybridized carbons (Fsp3) is 0. The normalized spacial score (nSPS) is 10.2. The summed E-state index contributed by atoms with van der Waals surface area (Å²) in [5.41, 5.74) is 0. The second-order valence-electron chi connectivity index (χ2n) is 1.89. The van der Waals surface area contributed by atoms with Gasteiger partial charge in [0.1, 0.15) is 0 Å². The Balaban J connectivity index is 3.21. The summed E-state index contributed by atoms with van der Waals surface area (Å²) in [5, 5.41) is 0. The molecule has 0 saturated heterocycles. The Hall–Kier alpha value is 0.910. The molecule has 0 amide bonds. The number of rotatable bonds is 1. The van der Waals surface area contributed by atoms with Crippen LogP contribution in [0.2, 0.25) is 0 Å². The predicted octanol–water partition coefficient (Wildman–Crippen LogP) is 3.80. The van der Waals surface area contributed by atoms with Gasteiger partial charge in [0.15, 0.2) is 0 Å². The molecule has 0 atom stereocenters. The van der Waals surface area contributed by atoms with E-state index in [2.05, 4.69) is 37.9 Å². The van der Waals surface area contributed by atoms with Gasteiger partial charge in [-0.2, -0.15) is 0 Å². The van der Waals surface area contributed by atoms with Crippen LogP contribution in [0.5, 0.6) is 0 Å². The maximum absolute atomic E-state index is 5.57. The third kappa shape index (κ3) is 2.42. The highest BCUT2D eigenvalue weighted by Crippen LogP contribution is 2.33. The van der Waals surface area contributed by atoms with Crippen molar-refractivity contribution in [1.29, 1.82) is 0 Å². The van der Waals surface area contributed by atoms with Crippen molar-refractivity contribution in [2.45, 2.75) is 19.6 Å². The number of hydrogen-bond acceptors (Lipinski definition) is 4. The predicted molar refractivity (Wildman–Crippen MR) is 59.9 cm³/mol. The smallest absolute Gasteiger partial charge is 0.0378 e. The minimum absolute atomic E-state index is 0.813. The quantitative estimate of drug-likeness (QED) is 0.628. The zero-order valence-electron chi connectivity index (χ0n) is 5.28. The van der Waals surface area contributed by atoms with E-state index in [1.165, 1.54) is 0 Å². The lowest BCUT2D eigenvalue weighted by Crippen LogP contribution is -1.76. The maximum atomic E-state index is 5.57. The molecule has 0 N–H and O–H groups in total. The average molecular weight is 241 g/mol. The van der Waals surface area contributed by atoms with Crippen molar-refractivity contribution in [3.05, 3.63) is 12.1 Å². The molecule has 0 aliphatic rings. The fourth-order valence-electron chi connectivity index (χ4n) is 0.608. The Morgan fingerprint density at radius 1 is 1.00 bits per heavy atom. The van der Waals surface area contributed by atoms with Gasteiger partial charge in [-0.05, 0) is 33.8 Å². The first-order valence-electron chi connectivity index (χ1n) is 2.68. The number of hydrogen-bond donors (Lipinski definition) is 3. The molecule has 0 unspecified atom stereocenters. The van der Waals surface area contributed by atoms with E-state index in [4.69, 9.17) is 10.7 Å². The van der Waals surface area contributed by atoms with E-state index in [9.17, 15) is 0 Å². The van der Waals surface area contributed by atoms with Crippen LogP contribution >= 0.6 is 59.5 Å². The summed E-state index contributed by atoms with van der Waals surface area (Å²) < 4.78 is 0. The number of benzene rings is 1. The van der Waals surface area contributed by atoms with Crippen LogP contribution in [0.15, 0.2) is 31.7 Å². The Morgan fingerprint density at radius 3 is 2.09 bits per heavy atom. The lowest BCUT2D eigenvalue weighted by atomic mass is 10.3. The average Bonchev–Trinajstić information content (AvgIpc) is 1.97. The number of thiol groups is 3. The highest BCUT2D eigenvalue weighted by molar-refractivity contribution is 8.21. The van der Waals surface area contributed by atoms with Gasteiger partial charge in [-0.1, -0.05) is 0 Å². The maximum Gasteiger partial charge on any atom is 0.0378 e. The molecule has 0 saturated carbocycles. The van der Waals surface area contributed by atoms with E-state index in [0.717, 1.165) is 30.6 Å². The second-order valence-corrected chi connectivity index (χ2v) is 4.39. The Labute approximate surface area is 90.8 Å². The minimum Gasteiger partial charge on any atom is -0.142 e. The molecule has 1 aromatic carbocycles. The van der Waals surface area contributed by atoms with Gasteiger partial charge in [0.2, 0.25) is 0 Å². The van der Waals surface area contributed by atoms with Gasteiger partial charge >= 0.3 is 0 Å². The summed E-state index contributed by atoms with van der Waals surface area (Å²) in [7, 11) is 6.70. The van der Waals surface area contributed by atoms with Crippen LogP contribution < -0.4 is 0 Å². The standard InChI is InChI=1S/C6H5ClS4/c7-11-6-2-4(9)3(8)1-5(6)10/h1-2,8-10H. The summed E-state index contributed by atoms with van der Waals surface area (Å²) in [6, 6.07) is 3.66. The Bertz CT molecular complexity index is 274. The third-order valence-electron chi connectivity index (χ3n) is 1.14. The van der Waals surface area contributed by atoms with Gasteiger partial charge in [-0.25, -0.2) is 0 Å². The van der Waals surface area contributed by atoms with Gasteiger partial charge in [0.25, 0.3) is 0 Å². The fourth-order valence-corrected chi connectivity index (χ4v) is 2.36. The van der Waals surface area contributed by atoms with Crippen molar-refractivity contribution < 1.29 is 0 Å². The second kappa shape index (κ2) is 4.23. The lowest BCUT2D eigenvalue weighted by molar-refractivity contribution is 1.11. The molecule has 0 fully saturated rings. The molecule has 0 spiro atoms. The summed E-state index contributed by atoms with van der Waals surface area (Å²) in [4.78, 5) is 3.35. The SMILES string of the molecule is Sc1cc(S)c(SCl)cc1S. The van der Waals surface area contributed by atoms with E-state index in [1.54, 1.807) is 0 Å². The van der Waals surface area contributed by atoms with Gasteiger partial charge in [-0.15, -0.1) is 37.9 Å². The monoisotopic (exact) mass is 240 g/mol. The summed E-state index contributed by atoms with van der Waals surface area (Å²) in [5.74, 6) is 0. The van der Waals surface area contributed by atoms with E-state index in [1.807, 2.05) is 12.1 Å². The van der Waals surface area contributed by atoms with Crippen molar-refractivity contribution in [1.82, 2.24) is 0 Å². The van der Waals surface area contributed by atoms with Crippen molar-refractivity contribution in [3.63, 3.8) is 0 Å². The molecule has 0 aromatic heterocycles. The largest absolute Gasteiger partial charge is 0.142 e. The van der Waals surface area contributed by atoms with Crippen LogP contribution in [0.1, 0.15) is 0 Å². The van der Waals surface area contributed by atoms with Crippen LogP contribution in [-0.4, -0.2) is 0 Å². The molecule has 5 heteroatoms. The topological polar surface area (TPSA) is 0 Å². The first-order chi connectivity index (χ1) is 5.15. The van der Waals surface area contributed by atoms with Crippen LogP contribution in [0.3, 0.4) is 0 Å². The molecule has 1 rings (SSSR count). The lowest BCUT2D eigenvalue weighted by Gasteiger charge is -2.03. The molecule has 0 nitrogen and oxygen atoms in total. The van der Waals surface area contributed by atoms with Crippen LogP contribution in [0.25, 0.3) is 0 Å². The zero-order chi connectivity index (χ0) is 8.43. The van der Waals surface area contributed by atoms with Gasteiger partial charge < -0.3 is 0 Å². The Kier molecular flexibility index (Phi) is 3.85. The number of halogens is 1. The molecule has 60 valence electrons. The first kappa shape index (κ1) is 9.99. The Morgan fingerprint density at radius 2 is 1.55 bits per heavy atom. The minimum atomic E-state index is 0.813. The van der Waals surface area contributed by atoms with Crippen LogP contribution in [0.4, 0.5) is 0 Å². The molecular formula is C6H5ClS4. The highest BCUT2D eigenvalue weighted by atomic mass is 35.7. The first-order valence-corrected chi connectivity index (χ1v) is 5.67. The van der Waals surface area contributed by atoms with E-state index in [-0.39, 0.29) is 0 Å². The summed E-state index contributed by atoms with van der Waals surface area (Å²) >= 11 is 12.6. The van der Waals surface area contributed by atoms with Gasteiger partial charge in [-0.3, -0.25) is 0 Å². The van der Waals surface area contributed by atoms with Gasteiger partial charge in [0.05, 0.1) is 0 Å². The van der Waals surface area contributed by atoms with Crippen LogP contribution in [-0.2, 0) is 0 Å². The van der Waals surface area contributed by atoms with E-state index >= 15 is 0 Å². The van der Waals surface area contributed by atoms with Crippen molar-refractivity contribution in [2.24, 2.45) is 0 Å². The molecule has 0 aliphatic heterocycles. The molecule has 0 heterocycles. The molecular weight excluding hydrogens is 236 g/mol. The third-order valence-corrected chi connectivity index (χ3v) is 3.58. The van der Waals surface area contributed by atoms with Gasteiger partial charge in [0, 0.05) is 19.6 Å². The van der Waals surface area contributed by atoms with Crippen molar-refractivity contribution in [3.8, 4) is 0 Å². The molecule has 0 aliphatic carbocycles. The van der Waals surface area contributed by atoms with Crippen LogP contribution in [0, 0.1) is 0 Å². The van der Waals surface area contributed by atoms with Crippen molar-refractivity contribution in [2.75, 3.05) is 0 Å². The molecule has 0 bridgehead atoms. The molecule has 0 radical (unpaired) electrons. The summed E-state index contributed by atoms with van der Waals surface area (Å²) in [6.45, 7) is 0.